The van der Waals surface area contributed by atoms with Crippen LogP contribution in [0.5, 0.6) is 0 Å². The van der Waals surface area contributed by atoms with Crippen LogP contribution in [0.3, 0.4) is 0 Å². The Labute approximate surface area is 343 Å². The third-order valence-electron chi connectivity index (χ3n) is 12.7. The molecule has 4 aromatic rings. The molecule has 2 aromatic carbocycles. The number of carbonyl (C=O) groups is 2. The van der Waals surface area contributed by atoms with Crippen LogP contribution in [-0.4, -0.2) is 97.4 Å². The van der Waals surface area contributed by atoms with Gasteiger partial charge in [-0.2, -0.15) is 0 Å². The monoisotopic (exact) mass is 934 g/mol. The normalized spacial score (nSPS) is 21.3. The number of benzene rings is 2. The molecule has 0 aliphatic carbocycles. The summed E-state index contributed by atoms with van der Waals surface area (Å²) in [6.45, 7) is 10.2. The fourth-order valence-electron chi connectivity index (χ4n) is 9.39. The minimum atomic E-state index is -1.07. The molecule has 1 unspecified atom stereocenters. The number of rotatable bonds is 9. The zero-order valence-corrected chi connectivity index (χ0v) is 35.4. The molecule has 7 heterocycles. The van der Waals surface area contributed by atoms with Crippen LogP contribution >= 0.6 is 0 Å². The Morgan fingerprint density at radius 3 is 2.39 bits per heavy atom. The molecule has 2 aromatic heterocycles. The number of imide groups is 1. The van der Waals surface area contributed by atoms with Crippen LogP contribution in [-0.2, 0) is 34.5 Å². The van der Waals surface area contributed by atoms with Gasteiger partial charge in [0.25, 0.3) is 0 Å². The van der Waals surface area contributed by atoms with Crippen molar-refractivity contribution in [2.75, 3.05) is 49.5 Å². The maximum atomic E-state index is 12.3. The van der Waals surface area contributed by atoms with Gasteiger partial charge in [-0.25, -0.2) is 0 Å². The van der Waals surface area contributed by atoms with Crippen LogP contribution < -0.4 is 30.8 Å². The second-order valence-corrected chi connectivity index (χ2v) is 18.3. The molecule has 0 saturated carbocycles. The van der Waals surface area contributed by atoms with E-state index in [4.69, 9.17) is 4.67 Å². The predicted octanol–water partition coefficient (Wildman–Crippen LogP) is 2.08. The number of fused-ring (bicyclic) bond motifs is 2. The third kappa shape index (κ3) is 7.56. The van der Waals surface area contributed by atoms with Gasteiger partial charge < -0.3 is 4.90 Å². The van der Waals surface area contributed by atoms with E-state index in [-0.39, 0.29) is 17.7 Å². The average molecular weight is 935 g/mol. The molecule has 13 heteroatoms. The molecule has 0 bridgehead atoms. The molecule has 9 rings (SSSR count). The maximum absolute atomic E-state index is 12.3. The molecule has 4 saturated heterocycles. The molecule has 4 fully saturated rings. The molecular formula is C44H48N9O3W+. The molecule has 2 amide bonds. The number of nitrogens with one attached hydrogen (secondary N) is 2. The van der Waals surface area contributed by atoms with Gasteiger partial charge in [-0.15, -0.1) is 0 Å². The third-order valence-corrected chi connectivity index (χ3v) is 13.8. The second-order valence-electron chi connectivity index (χ2n) is 16.8. The number of nitrogens with zero attached hydrogens (tertiary/aromatic N) is 7. The van der Waals surface area contributed by atoms with Crippen LogP contribution in [0.25, 0.3) is 11.6 Å². The van der Waals surface area contributed by atoms with Crippen molar-refractivity contribution in [3.05, 3.63) is 93.8 Å². The summed E-state index contributed by atoms with van der Waals surface area (Å²) < 4.78 is 7.96. The second kappa shape index (κ2) is 15.2. The van der Waals surface area contributed by atoms with Crippen LogP contribution in [0.15, 0.2) is 60.8 Å². The van der Waals surface area contributed by atoms with Gasteiger partial charge in [-0.05, 0) is 37.0 Å². The van der Waals surface area contributed by atoms with Gasteiger partial charge in [0.2, 0.25) is 11.8 Å². The minimum absolute atomic E-state index is 0.174. The first kappa shape index (κ1) is 37.8. The first-order valence-corrected chi connectivity index (χ1v) is 21.7. The zero-order chi connectivity index (χ0) is 39.4. The number of aliphatic hydroxyl groups is 1. The first-order chi connectivity index (χ1) is 27.5. The van der Waals surface area contributed by atoms with Gasteiger partial charge in [-0.3, -0.25) is 19.8 Å². The topological polar surface area (TPSA) is 143 Å². The Hall–Kier alpha value is -4.75. The SMILES string of the molecule is CC(C)(O)c1cc2c(cc1N[C](=[W])c1ccc3cc(C#N)cnn13)=CC(C1CCN(C3CCN(C4CN(c5ccc(C6CCC(=O)NC6=O)cc5)C4)CC3)CC1)=[N+]=2. The molecule has 1 atom stereocenters. The van der Waals surface area contributed by atoms with Crippen LogP contribution in [0.2, 0.25) is 0 Å². The summed E-state index contributed by atoms with van der Waals surface area (Å²) in [7, 11) is 0. The number of carbonyl (C=O) groups excluding carboxylic acids is 2. The summed E-state index contributed by atoms with van der Waals surface area (Å²) in [4.78, 5) is 31.7. The Bertz CT molecular complexity index is 2470. The standard InChI is InChI=1S/C44H47N9O3.W/c1-44(2,56)38-22-40-31(21-41(38)46-25-35-8-7-34-19-28(23-45)24-47-53(34)35)20-39(48-40)30-11-15-50(16-12-30)33-13-17-51(18-14-33)36-26-52(27-36)32-5-3-29(4-6-32)37-9-10-42(54)49-43(37)55;/h3-8,19-22,24,30,33,36-37,46,56H,9-18,26-27H2,1-2H3;/p+1. The molecule has 5 aliphatic heterocycles. The van der Waals surface area contributed by atoms with Crippen LogP contribution in [0, 0.1) is 17.2 Å². The fourth-order valence-corrected chi connectivity index (χ4v) is 10.3. The zero-order valence-electron chi connectivity index (χ0n) is 32.4. The molecule has 57 heavy (non-hydrogen) atoms. The summed E-state index contributed by atoms with van der Waals surface area (Å²) in [5.41, 5.74) is 6.24. The summed E-state index contributed by atoms with van der Waals surface area (Å²) in [6.07, 6.45) is 9.45. The van der Waals surface area contributed by atoms with Crippen LogP contribution in [0.4, 0.5) is 11.4 Å². The Kier molecular flexibility index (Phi) is 10.1. The van der Waals surface area contributed by atoms with E-state index in [1.165, 1.54) is 37.9 Å². The van der Waals surface area contributed by atoms with Crippen molar-refractivity contribution in [2.24, 2.45) is 5.92 Å². The van der Waals surface area contributed by atoms with Crippen molar-refractivity contribution in [1.82, 2.24) is 29.4 Å². The summed E-state index contributed by atoms with van der Waals surface area (Å²) >= 11 is 1.24. The number of aromatic nitrogens is 2. The van der Waals surface area contributed by atoms with Crippen molar-refractivity contribution >= 4 is 44.5 Å². The van der Waals surface area contributed by atoms with E-state index in [2.05, 4.69) is 72.9 Å². The van der Waals surface area contributed by atoms with Gasteiger partial charge >= 0.3 is 209 Å². The van der Waals surface area contributed by atoms with Gasteiger partial charge in [0.05, 0.1) is 5.92 Å². The average Bonchev–Trinajstić information content (AvgIpc) is 3.81. The summed E-state index contributed by atoms with van der Waals surface area (Å²) in [6, 6.07) is 21.7. The van der Waals surface area contributed by atoms with E-state index < -0.39 is 5.60 Å². The van der Waals surface area contributed by atoms with E-state index in [9.17, 15) is 20.0 Å². The predicted molar refractivity (Wildman–Crippen MR) is 216 cm³/mol. The van der Waals surface area contributed by atoms with Crippen molar-refractivity contribution < 1.29 is 34.0 Å². The van der Waals surface area contributed by atoms with E-state index in [0.717, 1.165) is 100 Å². The number of likely N-dealkylation sites (tertiary alicyclic amines) is 2. The van der Waals surface area contributed by atoms with E-state index in [1.54, 1.807) is 6.20 Å². The molecule has 3 N–H and O–H groups in total. The summed E-state index contributed by atoms with van der Waals surface area (Å²) in [5.74, 6) is -0.172. The van der Waals surface area contributed by atoms with E-state index in [1.807, 2.05) is 42.6 Å². The number of amides is 2. The summed E-state index contributed by atoms with van der Waals surface area (Å²) in [5, 5.41) is 33.1. The number of hydrogen-bond acceptors (Lipinski definition) is 9. The number of hydrogen-bond donors (Lipinski definition) is 3. The van der Waals surface area contributed by atoms with Gasteiger partial charge in [-0.1, -0.05) is 12.1 Å². The molecule has 12 nitrogen and oxygen atoms in total. The Morgan fingerprint density at radius 1 is 0.965 bits per heavy atom. The molecule has 5 aliphatic rings. The number of anilines is 2. The van der Waals surface area contributed by atoms with E-state index in [0.29, 0.717) is 36.4 Å². The van der Waals surface area contributed by atoms with Crippen molar-refractivity contribution in [1.29, 1.82) is 5.26 Å². The molecular weight excluding hydrogens is 886 g/mol. The molecule has 292 valence electrons. The van der Waals surface area contributed by atoms with Crippen molar-refractivity contribution in [3.63, 3.8) is 0 Å². The fraction of sp³-hybridized carbons (Fsp3) is 0.432. The van der Waals surface area contributed by atoms with Gasteiger partial charge in [0.15, 0.2) is 0 Å². The number of piperidine rings is 3. The van der Waals surface area contributed by atoms with Crippen molar-refractivity contribution in [2.45, 2.75) is 76.0 Å². The van der Waals surface area contributed by atoms with Gasteiger partial charge in [0.1, 0.15) is 0 Å². The molecule has 0 spiro atoms. The van der Waals surface area contributed by atoms with Crippen molar-refractivity contribution in [3.8, 4) is 6.07 Å². The first-order valence-electron chi connectivity index (χ1n) is 20.2. The van der Waals surface area contributed by atoms with Gasteiger partial charge in [0, 0.05) is 44.3 Å². The van der Waals surface area contributed by atoms with Crippen LogP contribution in [0.1, 0.15) is 80.7 Å². The Balaban J connectivity index is 0.778. The Morgan fingerprint density at radius 2 is 1.68 bits per heavy atom. The number of nitriles is 1. The quantitative estimate of drug-likeness (QED) is 0.170. The van der Waals surface area contributed by atoms with E-state index >= 15 is 0 Å². The molecule has 0 radical (unpaired) electrons.